The summed E-state index contributed by atoms with van der Waals surface area (Å²) in [6, 6.07) is 1.55. The molecule has 1 heterocycles. The lowest BCUT2D eigenvalue weighted by molar-refractivity contribution is 0.0872. The molecule has 0 atom stereocenters. The average Bonchev–Trinajstić information content (AvgIpc) is 2.34. The van der Waals surface area contributed by atoms with E-state index in [2.05, 4.69) is 15.1 Å². The Kier molecular flexibility index (Phi) is 4.43. The van der Waals surface area contributed by atoms with E-state index in [9.17, 15) is 5.11 Å². The Hall–Kier alpha value is -1.89. The van der Waals surface area contributed by atoms with Gasteiger partial charge in [0.15, 0.2) is 5.84 Å². The van der Waals surface area contributed by atoms with Crippen molar-refractivity contribution in [2.24, 2.45) is 10.9 Å². The highest BCUT2D eigenvalue weighted by Gasteiger charge is 2.19. The monoisotopic (exact) mass is 253 g/mol. The van der Waals surface area contributed by atoms with Crippen LogP contribution in [0.3, 0.4) is 0 Å². The number of hydrogen-bond donors (Lipinski definition) is 3. The molecule has 1 aromatic rings. The van der Waals surface area contributed by atoms with Gasteiger partial charge in [0.2, 0.25) is 5.95 Å². The number of hydrogen-bond acceptors (Lipinski definition) is 6. The number of oxime groups is 1. The van der Waals surface area contributed by atoms with Gasteiger partial charge in [0.05, 0.1) is 5.60 Å². The number of anilines is 1. The van der Waals surface area contributed by atoms with Crippen LogP contribution in [0.25, 0.3) is 0 Å². The van der Waals surface area contributed by atoms with Crippen LogP contribution in [0.4, 0.5) is 5.95 Å². The van der Waals surface area contributed by atoms with E-state index in [1.807, 2.05) is 11.8 Å². The van der Waals surface area contributed by atoms with Crippen molar-refractivity contribution in [3.05, 3.63) is 18.0 Å². The average molecular weight is 253 g/mol. The van der Waals surface area contributed by atoms with Crippen LogP contribution in [0.1, 0.15) is 26.5 Å². The van der Waals surface area contributed by atoms with Crippen molar-refractivity contribution in [2.75, 3.05) is 18.0 Å². The van der Waals surface area contributed by atoms with Gasteiger partial charge in [-0.2, -0.15) is 0 Å². The SMILES string of the molecule is CCN(CC(C)(C)O)c1nccc(/C(N)=N/O)n1. The minimum Gasteiger partial charge on any atom is -0.409 e. The van der Waals surface area contributed by atoms with Crippen molar-refractivity contribution in [1.29, 1.82) is 0 Å². The highest BCUT2D eigenvalue weighted by atomic mass is 16.4. The van der Waals surface area contributed by atoms with Crippen molar-refractivity contribution in [1.82, 2.24) is 9.97 Å². The molecule has 0 unspecified atom stereocenters. The second kappa shape index (κ2) is 5.63. The van der Waals surface area contributed by atoms with Crippen LogP contribution >= 0.6 is 0 Å². The number of amidine groups is 1. The van der Waals surface area contributed by atoms with E-state index in [0.29, 0.717) is 24.7 Å². The first-order chi connectivity index (χ1) is 8.37. The zero-order valence-corrected chi connectivity index (χ0v) is 10.8. The molecule has 0 spiro atoms. The maximum absolute atomic E-state index is 9.82. The molecule has 0 saturated heterocycles. The van der Waals surface area contributed by atoms with Crippen molar-refractivity contribution < 1.29 is 10.3 Å². The molecule has 0 aliphatic rings. The van der Waals surface area contributed by atoms with Crippen molar-refractivity contribution >= 4 is 11.8 Å². The summed E-state index contributed by atoms with van der Waals surface area (Å²) in [4.78, 5) is 10.1. The lowest BCUT2D eigenvalue weighted by Crippen LogP contribution is -2.39. The predicted octanol–water partition coefficient (Wildman–Crippen LogP) is 0.168. The third-order valence-corrected chi connectivity index (χ3v) is 2.26. The fourth-order valence-electron chi connectivity index (χ4n) is 1.49. The smallest absolute Gasteiger partial charge is 0.226 e. The molecule has 1 aromatic heterocycles. The molecule has 0 aromatic carbocycles. The van der Waals surface area contributed by atoms with Gasteiger partial charge in [-0.25, -0.2) is 9.97 Å². The standard InChI is InChI=1S/C11H19N5O2/c1-4-16(7-11(2,3)17)10-13-6-5-8(14-10)9(12)15-18/h5-6,17-18H,4,7H2,1-3H3,(H2,12,15). The quantitative estimate of drug-likeness (QED) is 0.299. The summed E-state index contributed by atoms with van der Waals surface area (Å²) in [5.41, 5.74) is 4.96. The van der Waals surface area contributed by atoms with Crippen LogP contribution in [0.15, 0.2) is 17.4 Å². The molecule has 18 heavy (non-hydrogen) atoms. The van der Waals surface area contributed by atoms with Crippen LogP contribution in [0, 0.1) is 0 Å². The Morgan fingerprint density at radius 1 is 1.56 bits per heavy atom. The minimum absolute atomic E-state index is 0.0713. The number of aliphatic hydroxyl groups is 1. The molecule has 7 nitrogen and oxygen atoms in total. The third-order valence-electron chi connectivity index (χ3n) is 2.26. The van der Waals surface area contributed by atoms with Gasteiger partial charge >= 0.3 is 0 Å². The summed E-state index contributed by atoms with van der Waals surface area (Å²) >= 11 is 0. The first-order valence-electron chi connectivity index (χ1n) is 5.65. The molecular weight excluding hydrogens is 234 g/mol. The molecule has 0 bridgehead atoms. The Morgan fingerprint density at radius 3 is 2.72 bits per heavy atom. The summed E-state index contributed by atoms with van der Waals surface area (Å²) in [5, 5.41) is 21.3. The fraction of sp³-hybridized carbons (Fsp3) is 0.545. The van der Waals surface area contributed by atoms with Crippen molar-refractivity contribution in [3.8, 4) is 0 Å². The molecule has 0 amide bonds. The molecule has 0 aliphatic carbocycles. The van der Waals surface area contributed by atoms with Gasteiger partial charge in [-0.15, -0.1) is 0 Å². The fourth-order valence-corrected chi connectivity index (χ4v) is 1.49. The molecule has 7 heteroatoms. The van der Waals surface area contributed by atoms with Gasteiger partial charge in [-0.3, -0.25) is 0 Å². The van der Waals surface area contributed by atoms with Crippen LogP contribution in [0.2, 0.25) is 0 Å². The molecule has 0 saturated carbocycles. The zero-order chi connectivity index (χ0) is 13.8. The normalized spacial score (nSPS) is 12.6. The first-order valence-corrected chi connectivity index (χ1v) is 5.65. The van der Waals surface area contributed by atoms with Crippen molar-refractivity contribution in [2.45, 2.75) is 26.4 Å². The topological polar surface area (TPSA) is 108 Å². The van der Waals surface area contributed by atoms with Gasteiger partial charge in [-0.1, -0.05) is 5.16 Å². The maximum atomic E-state index is 9.82. The van der Waals surface area contributed by atoms with E-state index in [4.69, 9.17) is 10.9 Å². The predicted molar refractivity (Wildman–Crippen MR) is 68.7 cm³/mol. The molecule has 0 aliphatic heterocycles. The second-order valence-corrected chi connectivity index (χ2v) is 4.55. The second-order valence-electron chi connectivity index (χ2n) is 4.55. The third kappa shape index (κ3) is 3.85. The number of likely N-dealkylation sites (N-methyl/N-ethyl adjacent to an activating group) is 1. The molecule has 1 rings (SSSR count). The largest absolute Gasteiger partial charge is 0.409 e. The lowest BCUT2D eigenvalue weighted by Gasteiger charge is -2.28. The van der Waals surface area contributed by atoms with Gasteiger partial charge in [0.25, 0.3) is 0 Å². The molecule has 4 N–H and O–H groups in total. The van der Waals surface area contributed by atoms with Crippen LogP contribution in [0.5, 0.6) is 0 Å². The first kappa shape index (κ1) is 14.2. The van der Waals surface area contributed by atoms with Gasteiger partial charge < -0.3 is 20.9 Å². The summed E-state index contributed by atoms with van der Waals surface area (Å²) in [6.07, 6.45) is 1.53. The maximum Gasteiger partial charge on any atom is 0.226 e. The van der Waals surface area contributed by atoms with E-state index in [-0.39, 0.29) is 5.84 Å². The van der Waals surface area contributed by atoms with Gasteiger partial charge in [0.1, 0.15) is 5.69 Å². The summed E-state index contributed by atoms with van der Waals surface area (Å²) in [6.45, 7) is 6.39. The zero-order valence-electron chi connectivity index (χ0n) is 10.8. The minimum atomic E-state index is -0.855. The Balaban J connectivity index is 3.00. The van der Waals surface area contributed by atoms with Crippen LogP contribution in [-0.2, 0) is 0 Å². The molecule has 0 fully saturated rings. The van der Waals surface area contributed by atoms with Gasteiger partial charge in [-0.05, 0) is 26.8 Å². The van der Waals surface area contributed by atoms with E-state index in [0.717, 1.165) is 0 Å². The van der Waals surface area contributed by atoms with Crippen LogP contribution in [-0.4, -0.2) is 44.8 Å². The number of nitrogens with zero attached hydrogens (tertiary/aromatic N) is 4. The molecule has 0 radical (unpaired) electrons. The molecule has 100 valence electrons. The Morgan fingerprint density at radius 2 is 2.22 bits per heavy atom. The Bertz CT molecular complexity index is 428. The van der Waals surface area contributed by atoms with E-state index in [1.54, 1.807) is 19.9 Å². The number of nitrogens with two attached hydrogens (primary N) is 1. The number of rotatable bonds is 5. The number of aromatic nitrogens is 2. The Labute approximate surface area is 106 Å². The lowest BCUT2D eigenvalue weighted by atomic mass is 10.1. The summed E-state index contributed by atoms with van der Waals surface area (Å²) in [5.74, 6) is 0.363. The van der Waals surface area contributed by atoms with Gasteiger partial charge in [0, 0.05) is 19.3 Å². The van der Waals surface area contributed by atoms with E-state index >= 15 is 0 Å². The highest BCUT2D eigenvalue weighted by molar-refractivity contribution is 5.95. The highest BCUT2D eigenvalue weighted by Crippen LogP contribution is 2.12. The van der Waals surface area contributed by atoms with Crippen LogP contribution < -0.4 is 10.6 Å². The summed E-state index contributed by atoms with van der Waals surface area (Å²) < 4.78 is 0. The van der Waals surface area contributed by atoms with Crippen molar-refractivity contribution in [3.63, 3.8) is 0 Å². The molecular formula is C11H19N5O2. The van der Waals surface area contributed by atoms with E-state index < -0.39 is 5.60 Å². The summed E-state index contributed by atoms with van der Waals surface area (Å²) in [7, 11) is 0. The van der Waals surface area contributed by atoms with E-state index in [1.165, 1.54) is 6.20 Å².